The Bertz CT molecular complexity index is 1890. The molecule has 3 N–H and O–H groups in total. The summed E-state index contributed by atoms with van der Waals surface area (Å²) in [5, 5.41) is 13.1. The number of methoxy groups -OCH3 is 1. The summed E-state index contributed by atoms with van der Waals surface area (Å²) in [4.78, 5) is 23.5. The van der Waals surface area contributed by atoms with Crippen molar-refractivity contribution in [1.82, 2.24) is 25.1 Å². The van der Waals surface area contributed by atoms with E-state index < -0.39 is 36.6 Å². The van der Waals surface area contributed by atoms with Crippen LogP contribution in [0.3, 0.4) is 0 Å². The molecular formula is C37H52F2N7O7P. The van der Waals surface area contributed by atoms with Crippen LogP contribution in [0.1, 0.15) is 67.5 Å². The van der Waals surface area contributed by atoms with Crippen molar-refractivity contribution in [2.75, 3.05) is 50.6 Å². The summed E-state index contributed by atoms with van der Waals surface area (Å²) in [6, 6.07) is 8.70. The molecule has 0 saturated carbocycles. The van der Waals surface area contributed by atoms with E-state index in [9.17, 15) is 18.1 Å². The van der Waals surface area contributed by atoms with Crippen LogP contribution in [0.4, 0.5) is 26.1 Å². The maximum Gasteiger partial charge on any atom is 0.475 e. The Balaban J connectivity index is 1.35. The highest BCUT2D eigenvalue weighted by molar-refractivity contribution is 7.48. The summed E-state index contributed by atoms with van der Waals surface area (Å²) >= 11 is 0. The van der Waals surface area contributed by atoms with Crippen LogP contribution in [-0.2, 0) is 29.4 Å². The number of aromatic nitrogens is 4. The number of phosphoric acid groups is 1. The van der Waals surface area contributed by atoms with E-state index in [1.807, 2.05) is 0 Å². The van der Waals surface area contributed by atoms with E-state index in [0.717, 1.165) is 12.6 Å². The molecule has 0 unspecified atom stereocenters. The van der Waals surface area contributed by atoms with Gasteiger partial charge in [0.25, 0.3) is 0 Å². The molecule has 2 heterocycles. The Kier molecular flexibility index (Phi) is 14.5. The normalized spacial score (nSPS) is 12.5. The average Bonchev–Trinajstić information content (AvgIpc) is 3.49. The fourth-order valence-electron chi connectivity index (χ4n) is 5.35. The number of amides is 1. The number of fused-ring (bicyclic) bond motifs is 1. The summed E-state index contributed by atoms with van der Waals surface area (Å²) in [5.41, 5.74) is -0.658. The highest BCUT2D eigenvalue weighted by atomic mass is 31.2. The van der Waals surface area contributed by atoms with Crippen LogP contribution in [0.15, 0.2) is 42.7 Å². The van der Waals surface area contributed by atoms with E-state index in [0.29, 0.717) is 71.8 Å². The second kappa shape index (κ2) is 18.4. The Morgan fingerprint density at radius 2 is 1.70 bits per heavy atom. The van der Waals surface area contributed by atoms with E-state index in [1.54, 1.807) is 66.9 Å². The molecule has 0 radical (unpaired) electrons. The Morgan fingerprint density at radius 1 is 0.981 bits per heavy atom. The SMILES string of the molecule is COc1cc2c(Nc3cc(CC(=O)Nc4cccc(F)c4F)[nH]n3)ncnc2cc1OCCCN(CCOP(=O)(OC(C)(C)C)OC(C)(C)C)CC(C)C. The molecule has 2 aromatic carbocycles. The van der Waals surface area contributed by atoms with Crippen LogP contribution in [0.5, 0.6) is 11.5 Å². The zero-order chi connectivity index (χ0) is 39.7. The number of H-pyrrole nitrogens is 1. The molecule has 0 saturated heterocycles. The van der Waals surface area contributed by atoms with Crippen molar-refractivity contribution in [2.45, 2.75) is 79.4 Å². The van der Waals surface area contributed by atoms with Gasteiger partial charge in [0, 0.05) is 42.8 Å². The lowest BCUT2D eigenvalue weighted by Crippen LogP contribution is -2.33. The van der Waals surface area contributed by atoms with Gasteiger partial charge in [-0.1, -0.05) is 19.9 Å². The standard InChI is InChI=1S/C37H52F2N7O7P/c1-24(2)22-46(15-17-51-54(48,52-36(3,4)5)53-37(6,7)8)14-11-16-50-31-21-29-26(20-30(31)49-9)35(41-23-40-29)43-32-18-25(44-45-32)19-33(47)42-28-13-10-12-27(38)34(28)39/h10,12-13,18,20-21,23-24H,11,14-17,19,22H2,1-9H3,(H,42,47)(H2,40,41,43,44,45). The summed E-state index contributed by atoms with van der Waals surface area (Å²) < 4.78 is 70.1. The number of carbonyl (C=O) groups is 1. The molecule has 0 atom stereocenters. The molecule has 0 spiro atoms. The van der Waals surface area contributed by atoms with E-state index in [4.69, 9.17) is 23.0 Å². The van der Waals surface area contributed by atoms with Gasteiger partial charge < -0.3 is 25.0 Å². The third kappa shape index (κ3) is 13.3. The number of benzene rings is 2. The molecule has 0 aliphatic carbocycles. The number of anilines is 3. The Morgan fingerprint density at radius 3 is 2.37 bits per heavy atom. The van der Waals surface area contributed by atoms with Gasteiger partial charge in [-0.25, -0.2) is 23.3 Å². The van der Waals surface area contributed by atoms with Gasteiger partial charge in [-0.3, -0.25) is 23.5 Å². The van der Waals surface area contributed by atoms with Crippen molar-refractivity contribution in [3.8, 4) is 11.5 Å². The molecule has 0 bridgehead atoms. The molecule has 1 amide bonds. The largest absolute Gasteiger partial charge is 0.493 e. The fraction of sp³-hybridized carbons (Fsp3) is 0.514. The first-order valence-electron chi connectivity index (χ1n) is 17.7. The lowest BCUT2D eigenvalue weighted by molar-refractivity contribution is -0.115. The van der Waals surface area contributed by atoms with Gasteiger partial charge in [0.05, 0.1) is 49.2 Å². The molecule has 0 fully saturated rings. The fourth-order valence-corrected chi connectivity index (χ4v) is 7.14. The van der Waals surface area contributed by atoms with Crippen molar-refractivity contribution in [2.24, 2.45) is 5.92 Å². The first-order valence-corrected chi connectivity index (χ1v) is 19.2. The van der Waals surface area contributed by atoms with Crippen molar-refractivity contribution >= 4 is 42.0 Å². The quantitative estimate of drug-likeness (QED) is 0.0622. The lowest BCUT2D eigenvalue weighted by atomic mass is 10.2. The zero-order valence-corrected chi connectivity index (χ0v) is 33.3. The molecule has 54 heavy (non-hydrogen) atoms. The van der Waals surface area contributed by atoms with Gasteiger partial charge in [-0.15, -0.1) is 0 Å². The van der Waals surface area contributed by atoms with Crippen molar-refractivity contribution in [3.63, 3.8) is 0 Å². The highest BCUT2D eigenvalue weighted by Gasteiger charge is 2.37. The first-order chi connectivity index (χ1) is 25.3. The van der Waals surface area contributed by atoms with Gasteiger partial charge >= 0.3 is 7.82 Å². The number of rotatable bonds is 19. The van der Waals surface area contributed by atoms with E-state index in [-0.39, 0.29) is 18.7 Å². The molecule has 0 aliphatic heterocycles. The molecule has 4 aromatic rings. The van der Waals surface area contributed by atoms with Gasteiger partial charge in [0.15, 0.2) is 29.0 Å². The Hall–Kier alpha value is -4.21. The molecule has 0 aliphatic rings. The molecule has 2 aromatic heterocycles. The van der Waals surface area contributed by atoms with Gasteiger partial charge in [0.2, 0.25) is 5.91 Å². The predicted octanol–water partition coefficient (Wildman–Crippen LogP) is 8.05. The summed E-state index contributed by atoms with van der Waals surface area (Å²) in [5.74, 6) is -0.555. The van der Waals surface area contributed by atoms with E-state index in [1.165, 1.54) is 18.5 Å². The smallest absolute Gasteiger partial charge is 0.475 e. The van der Waals surface area contributed by atoms with Crippen molar-refractivity contribution < 1.29 is 41.2 Å². The highest BCUT2D eigenvalue weighted by Crippen LogP contribution is 2.55. The van der Waals surface area contributed by atoms with E-state index in [2.05, 4.69) is 49.5 Å². The minimum absolute atomic E-state index is 0.159. The number of carbonyl (C=O) groups excluding carboxylic acids is 1. The third-order valence-corrected chi connectivity index (χ3v) is 9.34. The topological polar surface area (TPSA) is 162 Å². The van der Waals surface area contributed by atoms with Crippen LogP contribution < -0.4 is 20.1 Å². The second-order valence-corrected chi connectivity index (χ2v) is 16.6. The molecule has 17 heteroatoms. The zero-order valence-electron chi connectivity index (χ0n) is 32.4. The van der Waals surface area contributed by atoms with Crippen LogP contribution in [0.25, 0.3) is 10.9 Å². The summed E-state index contributed by atoms with van der Waals surface area (Å²) in [6.07, 6.45) is 1.93. The average molecular weight is 776 g/mol. The maximum atomic E-state index is 14.0. The van der Waals surface area contributed by atoms with E-state index >= 15 is 0 Å². The van der Waals surface area contributed by atoms with Crippen LogP contribution in [0.2, 0.25) is 0 Å². The Labute approximate surface area is 315 Å². The monoisotopic (exact) mass is 775 g/mol. The minimum Gasteiger partial charge on any atom is -0.493 e. The number of nitrogens with zero attached hydrogens (tertiary/aromatic N) is 4. The van der Waals surface area contributed by atoms with Crippen LogP contribution in [-0.4, -0.2) is 82.1 Å². The lowest BCUT2D eigenvalue weighted by Gasteiger charge is -2.31. The summed E-state index contributed by atoms with van der Waals surface area (Å²) in [7, 11) is -2.27. The summed E-state index contributed by atoms with van der Waals surface area (Å²) in [6.45, 7) is 17.7. The second-order valence-electron chi connectivity index (χ2n) is 15.1. The molecular weight excluding hydrogens is 723 g/mol. The first kappa shape index (κ1) is 42.5. The van der Waals surface area contributed by atoms with Crippen LogP contribution >= 0.6 is 7.82 Å². The van der Waals surface area contributed by atoms with Crippen LogP contribution in [0, 0.1) is 17.6 Å². The number of halogens is 2. The molecule has 4 rings (SSSR count). The van der Waals surface area contributed by atoms with Gasteiger partial charge in [-0.2, -0.15) is 5.10 Å². The number of nitrogens with one attached hydrogen (secondary N) is 3. The number of hydrogen-bond donors (Lipinski definition) is 3. The maximum absolute atomic E-state index is 14.0. The number of hydrogen-bond acceptors (Lipinski definition) is 12. The predicted molar refractivity (Wildman–Crippen MR) is 203 cm³/mol. The number of aromatic amines is 1. The van der Waals surface area contributed by atoms with Gasteiger partial charge in [0.1, 0.15) is 12.1 Å². The number of ether oxygens (including phenoxy) is 2. The minimum atomic E-state index is -3.82. The number of phosphoric ester groups is 1. The third-order valence-electron chi connectivity index (χ3n) is 7.30. The van der Waals surface area contributed by atoms with Crippen molar-refractivity contribution in [1.29, 1.82) is 0 Å². The molecule has 296 valence electrons. The molecule has 14 nitrogen and oxygen atoms in total. The van der Waals surface area contributed by atoms with Crippen molar-refractivity contribution in [3.05, 3.63) is 60.1 Å². The van der Waals surface area contributed by atoms with Gasteiger partial charge in [-0.05, 0) is 72.1 Å².